The molecule has 2 aromatic rings. The van der Waals surface area contributed by atoms with Gasteiger partial charge >= 0.3 is 0 Å². The van der Waals surface area contributed by atoms with E-state index >= 15 is 0 Å². The van der Waals surface area contributed by atoms with Crippen molar-refractivity contribution in [2.24, 2.45) is 0 Å². The Morgan fingerprint density at radius 2 is 2.26 bits per heavy atom. The zero-order chi connectivity index (χ0) is 13.1. The van der Waals surface area contributed by atoms with E-state index in [2.05, 4.69) is 41.1 Å². The van der Waals surface area contributed by atoms with E-state index in [1.54, 1.807) is 0 Å². The van der Waals surface area contributed by atoms with Gasteiger partial charge in [-0.2, -0.15) is 0 Å². The molecular formula is C17H22N2. The minimum absolute atomic E-state index is 0.621. The average molecular weight is 254 g/mol. The minimum Gasteiger partial charge on any atom is -0.296 e. The van der Waals surface area contributed by atoms with E-state index in [1.165, 1.54) is 49.7 Å². The first kappa shape index (κ1) is 12.6. The molecule has 0 aliphatic carbocycles. The summed E-state index contributed by atoms with van der Waals surface area (Å²) in [6, 6.07) is 11.6. The van der Waals surface area contributed by atoms with Crippen LogP contribution in [-0.2, 0) is 0 Å². The largest absolute Gasteiger partial charge is 0.296 e. The Morgan fingerprint density at radius 3 is 3.16 bits per heavy atom. The van der Waals surface area contributed by atoms with E-state index in [9.17, 15) is 0 Å². The SMILES string of the molecule is CCCCN1CCCC1c1ccc2ncccc2c1. The lowest BCUT2D eigenvalue weighted by molar-refractivity contribution is 0.253. The smallest absolute Gasteiger partial charge is 0.0702 e. The number of benzene rings is 1. The molecule has 1 saturated heterocycles. The summed E-state index contributed by atoms with van der Waals surface area (Å²) >= 11 is 0. The average Bonchev–Trinajstić information content (AvgIpc) is 2.93. The topological polar surface area (TPSA) is 16.1 Å². The van der Waals surface area contributed by atoms with Crippen molar-refractivity contribution in [1.29, 1.82) is 0 Å². The first-order valence-corrected chi connectivity index (χ1v) is 7.47. The maximum Gasteiger partial charge on any atom is 0.0702 e. The van der Waals surface area contributed by atoms with Gasteiger partial charge < -0.3 is 0 Å². The van der Waals surface area contributed by atoms with Gasteiger partial charge in [0, 0.05) is 17.6 Å². The Hall–Kier alpha value is -1.41. The minimum atomic E-state index is 0.621. The third-order valence-electron chi connectivity index (χ3n) is 4.17. The van der Waals surface area contributed by atoms with Crippen molar-refractivity contribution >= 4 is 10.9 Å². The molecule has 1 aromatic heterocycles. The predicted molar refractivity (Wildman–Crippen MR) is 80.2 cm³/mol. The molecule has 0 radical (unpaired) electrons. The molecule has 1 atom stereocenters. The number of aromatic nitrogens is 1. The van der Waals surface area contributed by atoms with E-state index in [0.29, 0.717) is 6.04 Å². The standard InChI is InChI=1S/C17H22N2/c1-2-3-11-19-12-5-7-17(19)15-8-9-16-14(13-15)6-4-10-18-16/h4,6,8-10,13,17H,2-3,5,7,11-12H2,1H3. The van der Waals surface area contributed by atoms with Crippen molar-refractivity contribution in [3.05, 3.63) is 42.1 Å². The molecule has 1 aromatic carbocycles. The number of likely N-dealkylation sites (tertiary alicyclic amines) is 1. The summed E-state index contributed by atoms with van der Waals surface area (Å²) in [5.41, 5.74) is 2.57. The second-order valence-electron chi connectivity index (χ2n) is 5.50. The lowest BCUT2D eigenvalue weighted by Gasteiger charge is -2.24. The van der Waals surface area contributed by atoms with Gasteiger partial charge in [-0.05, 0) is 56.1 Å². The zero-order valence-electron chi connectivity index (χ0n) is 11.7. The molecule has 2 heterocycles. The van der Waals surface area contributed by atoms with Crippen LogP contribution in [0.2, 0.25) is 0 Å². The van der Waals surface area contributed by atoms with Gasteiger partial charge in [-0.1, -0.05) is 25.5 Å². The molecule has 0 bridgehead atoms. The maximum atomic E-state index is 4.40. The fourth-order valence-electron chi connectivity index (χ4n) is 3.13. The van der Waals surface area contributed by atoms with Gasteiger partial charge in [-0.15, -0.1) is 0 Å². The molecule has 1 aliphatic heterocycles. The third kappa shape index (κ3) is 2.64. The number of unbranched alkanes of at least 4 members (excludes halogenated alkanes) is 1. The maximum absolute atomic E-state index is 4.40. The van der Waals surface area contributed by atoms with Gasteiger partial charge in [-0.25, -0.2) is 0 Å². The molecule has 0 N–H and O–H groups in total. The first-order chi connectivity index (χ1) is 9.38. The van der Waals surface area contributed by atoms with E-state index in [1.807, 2.05) is 12.3 Å². The van der Waals surface area contributed by atoms with Crippen LogP contribution in [0.5, 0.6) is 0 Å². The second kappa shape index (κ2) is 5.70. The molecule has 1 aliphatic rings. The molecule has 0 saturated carbocycles. The number of fused-ring (bicyclic) bond motifs is 1. The molecular weight excluding hydrogens is 232 g/mol. The molecule has 100 valence electrons. The third-order valence-corrected chi connectivity index (χ3v) is 4.17. The summed E-state index contributed by atoms with van der Waals surface area (Å²) in [5, 5.41) is 1.27. The summed E-state index contributed by atoms with van der Waals surface area (Å²) in [6.07, 6.45) is 7.09. The number of pyridine rings is 1. The predicted octanol–water partition coefficient (Wildman–Crippen LogP) is 4.17. The van der Waals surface area contributed by atoms with Gasteiger partial charge in [0.25, 0.3) is 0 Å². The van der Waals surface area contributed by atoms with Crippen molar-refractivity contribution in [2.45, 2.75) is 38.6 Å². The van der Waals surface area contributed by atoms with Gasteiger partial charge in [0.15, 0.2) is 0 Å². The van der Waals surface area contributed by atoms with Crippen LogP contribution in [0.1, 0.15) is 44.2 Å². The monoisotopic (exact) mass is 254 g/mol. The van der Waals surface area contributed by atoms with Gasteiger partial charge in [0.1, 0.15) is 0 Å². The molecule has 2 nitrogen and oxygen atoms in total. The second-order valence-corrected chi connectivity index (χ2v) is 5.50. The first-order valence-electron chi connectivity index (χ1n) is 7.47. The molecule has 3 rings (SSSR count). The zero-order valence-corrected chi connectivity index (χ0v) is 11.7. The fourth-order valence-corrected chi connectivity index (χ4v) is 3.13. The van der Waals surface area contributed by atoms with Crippen molar-refractivity contribution in [2.75, 3.05) is 13.1 Å². The van der Waals surface area contributed by atoms with Crippen LogP contribution in [0.25, 0.3) is 10.9 Å². The Labute approximate surface area is 115 Å². The van der Waals surface area contributed by atoms with E-state index in [-0.39, 0.29) is 0 Å². The normalized spacial score (nSPS) is 20.2. The van der Waals surface area contributed by atoms with Crippen molar-refractivity contribution in [3.8, 4) is 0 Å². The summed E-state index contributed by atoms with van der Waals surface area (Å²) in [5.74, 6) is 0. The highest BCUT2D eigenvalue weighted by atomic mass is 15.2. The van der Waals surface area contributed by atoms with Crippen LogP contribution in [0.3, 0.4) is 0 Å². The van der Waals surface area contributed by atoms with Crippen LogP contribution >= 0.6 is 0 Å². The summed E-state index contributed by atoms with van der Waals surface area (Å²) in [4.78, 5) is 7.06. The number of nitrogens with zero attached hydrogens (tertiary/aromatic N) is 2. The van der Waals surface area contributed by atoms with E-state index < -0.39 is 0 Å². The van der Waals surface area contributed by atoms with Crippen LogP contribution in [0.4, 0.5) is 0 Å². The van der Waals surface area contributed by atoms with Crippen LogP contribution < -0.4 is 0 Å². The Balaban J connectivity index is 1.86. The summed E-state index contributed by atoms with van der Waals surface area (Å²) in [7, 11) is 0. The lowest BCUT2D eigenvalue weighted by Crippen LogP contribution is -2.24. The number of hydrogen-bond donors (Lipinski definition) is 0. The molecule has 1 fully saturated rings. The molecule has 2 heteroatoms. The molecule has 0 spiro atoms. The Kier molecular flexibility index (Phi) is 3.79. The highest BCUT2D eigenvalue weighted by molar-refractivity contribution is 5.79. The fraction of sp³-hybridized carbons (Fsp3) is 0.471. The van der Waals surface area contributed by atoms with Crippen molar-refractivity contribution in [3.63, 3.8) is 0 Å². The Bertz CT molecular complexity index is 550. The van der Waals surface area contributed by atoms with Gasteiger partial charge in [0.05, 0.1) is 5.52 Å². The lowest BCUT2D eigenvalue weighted by atomic mass is 10.0. The van der Waals surface area contributed by atoms with E-state index in [4.69, 9.17) is 0 Å². The Morgan fingerprint density at radius 1 is 1.32 bits per heavy atom. The highest BCUT2D eigenvalue weighted by Crippen LogP contribution is 2.33. The molecule has 1 unspecified atom stereocenters. The van der Waals surface area contributed by atoms with Crippen LogP contribution in [0.15, 0.2) is 36.5 Å². The van der Waals surface area contributed by atoms with Gasteiger partial charge in [-0.3, -0.25) is 9.88 Å². The number of hydrogen-bond acceptors (Lipinski definition) is 2. The van der Waals surface area contributed by atoms with E-state index in [0.717, 1.165) is 5.52 Å². The van der Waals surface area contributed by atoms with Crippen LogP contribution in [0, 0.1) is 0 Å². The highest BCUT2D eigenvalue weighted by Gasteiger charge is 2.25. The summed E-state index contributed by atoms with van der Waals surface area (Å²) in [6.45, 7) is 4.77. The molecule has 19 heavy (non-hydrogen) atoms. The number of rotatable bonds is 4. The van der Waals surface area contributed by atoms with Crippen molar-refractivity contribution < 1.29 is 0 Å². The van der Waals surface area contributed by atoms with Crippen LogP contribution in [-0.4, -0.2) is 23.0 Å². The van der Waals surface area contributed by atoms with Crippen molar-refractivity contribution in [1.82, 2.24) is 9.88 Å². The van der Waals surface area contributed by atoms with Gasteiger partial charge in [0.2, 0.25) is 0 Å². The summed E-state index contributed by atoms with van der Waals surface area (Å²) < 4.78 is 0. The quantitative estimate of drug-likeness (QED) is 0.814. The molecule has 0 amide bonds.